The molecule has 0 unspecified atom stereocenters. The number of para-hydroxylation sites is 2. The van der Waals surface area contributed by atoms with Gasteiger partial charge in [0.1, 0.15) is 0 Å². The predicted octanol–water partition coefficient (Wildman–Crippen LogP) is 21.1. The minimum Gasteiger partial charge on any atom is -0.310 e. The molecule has 2 aliphatic heterocycles. The van der Waals surface area contributed by atoms with Gasteiger partial charge in [0.25, 0.3) is 0 Å². The van der Waals surface area contributed by atoms with Crippen LogP contribution in [0.3, 0.4) is 0 Å². The number of fused-ring (bicyclic) bond motifs is 11. The van der Waals surface area contributed by atoms with E-state index in [1.165, 1.54) is 141 Å². The van der Waals surface area contributed by atoms with E-state index in [1.807, 2.05) is 22.7 Å². The lowest BCUT2D eigenvalue weighted by Gasteiger charge is -2.47. The summed E-state index contributed by atoms with van der Waals surface area (Å²) in [6.45, 7) is 8.75. The average Bonchev–Trinajstić information content (AvgIpc) is 3.40. The molecule has 0 saturated heterocycles. The number of thiophene rings is 2. The van der Waals surface area contributed by atoms with Crippen molar-refractivity contribution in [2.24, 2.45) is 0 Å². The highest BCUT2D eigenvalue weighted by Gasteiger charge is 2.49. The van der Waals surface area contributed by atoms with Crippen molar-refractivity contribution in [3.63, 3.8) is 0 Å². The number of anilines is 6. The molecule has 0 N–H and O–H groups in total. The van der Waals surface area contributed by atoms with Crippen LogP contribution in [-0.2, 0) is 10.8 Å². The highest BCUT2D eigenvalue weighted by atomic mass is 32.1. The highest BCUT2D eigenvalue weighted by Crippen LogP contribution is 2.62. The molecule has 80 heavy (non-hydrogen) atoms. The van der Waals surface area contributed by atoms with Crippen molar-refractivity contribution in [1.29, 1.82) is 0 Å². The van der Waals surface area contributed by atoms with Gasteiger partial charge >= 0.3 is 0 Å². The molecule has 0 saturated carbocycles. The van der Waals surface area contributed by atoms with Crippen LogP contribution in [0, 0.1) is 27.7 Å². The van der Waals surface area contributed by atoms with Gasteiger partial charge in [-0.25, -0.2) is 0 Å². The van der Waals surface area contributed by atoms with Crippen LogP contribution in [0.25, 0.3) is 51.1 Å². The molecule has 2 aromatic heterocycles. The Kier molecular flexibility index (Phi) is 10.4. The topological polar surface area (TPSA) is 6.48 Å². The zero-order valence-corrected chi connectivity index (χ0v) is 46.6. The number of rotatable bonds is 6. The van der Waals surface area contributed by atoms with Gasteiger partial charge in [-0.05, 0) is 156 Å². The van der Waals surface area contributed by atoms with Crippen molar-refractivity contribution < 1.29 is 0 Å². The highest BCUT2D eigenvalue weighted by molar-refractivity contribution is 7.26. The molecule has 0 aliphatic carbocycles. The van der Waals surface area contributed by atoms with Crippen LogP contribution in [0.15, 0.2) is 255 Å². The van der Waals surface area contributed by atoms with Gasteiger partial charge in [0.2, 0.25) is 0 Å². The Balaban J connectivity index is 0.912. The van der Waals surface area contributed by atoms with E-state index in [-0.39, 0.29) is 0 Å². The fourth-order valence-corrected chi connectivity index (χ4v) is 16.1. The standard InChI is InChI=1S/C76H54N2S2/c1-47-21-31-53(32-22-47)75(54-33-23-48(2)24-34-54)63-15-7-9-17-67(63)77(69-45-73-61(43-65(69)75)59-13-5-11-19-71(59)79-73)57-39-29-52-42-58(40-30-51(52)41-57)78-68-18-10-8-16-64(68)76(55-35-25-49(3)26-36-55,56-37-27-50(4)28-38-56)66-44-62-60-14-6-12-20-72(60)80-74(62)46-70(66)78/h5-46H,1-4H3. The average molecular weight is 1060 g/mol. The second kappa shape index (κ2) is 17.7. The molecule has 16 rings (SSSR count). The van der Waals surface area contributed by atoms with Crippen LogP contribution in [0.1, 0.15) is 66.8 Å². The molecule has 4 heteroatoms. The first kappa shape index (κ1) is 47.0. The molecular formula is C76H54N2S2. The molecule has 14 aromatic rings. The summed E-state index contributed by atoms with van der Waals surface area (Å²) in [5.41, 5.74) is 20.9. The molecule has 380 valence electrons. The van der Waals surface area contributed by atoms with Gasteiger partial charge in [-0.1, -0.05) is 204 Å². The Morgan fingerprint density at radius 1 is 0.263 bits per heavy atom. The molecular weight excluding hydrogens is 1000 g/mol. The van der Waals surface area contributed by atoms with Gasteiger partial charge in [-0.3, -0.25) is 0 Å². The van der Waals surface area contributed by atoms with Gasteiger partial charge in [0.05, 0.1) is 33.6 Å². The molecule has 2 nitrogen and oxygen atoms in total. The predicted molar refractivity (Wildman–Crippen MR) is 342 cm³/mol. The van der Waals surface area contributed by atoms with Gasteiger partial charge in [-0.2, -0.15) is 0 Å². The van der Waals surface area contributed by atoms with E-state index in [0.29, 0.717) is 0 Å². The fourth-order valence-electron chi connectivity index (χ4n) is 13.9. The van der Waals surface area contributed by atoms with E-state index in [4.69, 9.17) is 0 Å². The first-order valence-electron chi connectivity index (χ1n) is 27.8. The van der Waals surface area contributed by atoms with E-state index in [0.717, 1.165) is 11.4 Å². The lowest BCUT2D eigenvalue weighted by Crippen LogP contribution is -2.37. The van der Waals surface area contributed by atoms with Crippen molar-refractivity contribution in [2.75, 3.05) is 9.80 Å². The quantitative estimate of drug-likeness (QED) is 0.164. The molecule has 4 heterocycles. The third-order valence-electron chi connectivity index (χ3n) is 17.6. The Bertz CT molecular complexity index is 4410. The summed E-state index contributed by atoms with van der Waals surface area (Å²) in [6, 6.07) is 97.6. The third-order valence-corrected chi connectivity index (χ3v) is 19.9. The monoisotopic (exact) mass is 1060 g/mol. The van der Waals surface area contributed by atoms with Crippen molar-refractivity contribution in [3.05, 3.63) is 322 Å². The zero-order chi connectivity index (χ0) is 53.4. The van der Waals surface area contributed by atoms with E-state index in [2.05, 4.69) is 292 Å². The largest absolute Gasteiger partial charge is 0.310 e. The second-order valence-electron chi connectivity index (χ2n) is 22.3. The summed E-state index contributed by atoms with van der Waals surface area (Å²) in [5.74, 6) is 0. The summed E-state index contributed by atoms with van der Waals surface area (Å²) in [6.07, 6.45) is 0. The lowest BCUT2D eigenvalue weighted by molar-refractivity contribution is 0.732. The van der Waals surface area contributed by atoms with Crippen molar-refractivity contribution >= 4 is 108 Å². The summed E-state index contributed by atoms with van der Waals surface area (Å²) in [5, 5.41) is 7.55. The van der Waals surface area contributed by atoms with Crippen molar-refractivity contribution in [3.8, 4) is 0 Å². The van der Waals surface area contributed by atoms with Crippen LogP contribution in [0.5, 0.6) is 0 Å². The van der Waals surface area contributed by atoms with Crippen molar-refractivity contribution in [2.45, 2.75) is 38.5 Å². The number of hydrogen-bond acceptors (Lipinski definition) is 4. The first-order valence-corrected chi connectivity index (χ1v) is 29.4. The zero-order valence-electron chi connectivity index (χ0n) is 45.0. The Morgan fingerprint density at radius 3 is 0.975 bits per heavy atom. The van der Waals surface area contributed by atoms with Crippen molar-refractivity contribution in [1.82, 2.24) is 0 Å². The number of aryl methyl sites for hydroxylation is 4. The van der Waals surface area contributed by atoms with Gasteiger partial charge in [0, 0.05) is 51.7 Å². The van der Waals surface area contributed by atoms with Crippen LogP contribution in [0.2, 0.25) is 0 Å². The number of hydrogen-bond donors (Lipinski definition) is 0. The van der Waals surface area contributed by atoms with E-state index >= 15 is 0 Å². The minimum absolute atomic E-state index is 0.605. The molecule has 0 fully saturated rings. The Labute approximate surface area is 474 Å². The molecule has 12 aromatic carbocycles. The van der Waals surface area contributed by atoms with E-state index < -0.39 is 10.8 Å². The summed E-state index contributed by atoms with van der Waals surface area (Å²) < 4.78 is 5.17. The summed E-state index contributed by atoms with van der Waals surface area (Å²) >= 11 is 3.77. The van der Waals surface area contributed by atoms with Gasteiger partial charge in [0.15, 0.2) is 0 Å². The van der Waals surface area contributed by atoms with Crippen LogP contribution < -0.4 is 9.80 Å². The third kappa shape index (κ3) is 6.76. The first-order chi connectivity index (χ1) is 39.2. The van der Waals surface area contributed by atoms with Gasteiger partial charge < -0.3 is 9.80 Å². The van der Waals surface area contributed by atoms with Gasteiger partial charge in [-0.15, -0.1) is 22.7 Å². The molecule has 0 bridgehead atoms. The number of benzene rings is 12. The van der Waals surface area contributed by atoms with Crippen LogP contribution >= 0.6 is 22.7 Å². The normalized spacial score (nSPS) is 14.2. The maximum Gasteiger partial charge on any atom is 0.0742 e. The Morgan fingerprint density at radius 2 is 0.600 bits per heavy atom. The minimum atomic E-state index is -0.605. The summed E-state index contributed by atoms with van der Waals surface area (Å²) in [7, 11) is 0. The van der Waals surface area contributed by atoms with E-state index in [9.17, 15) is 0 Å². The lowest BCUT2D eigenvalue weighted by atomic mass is 9.62. The molecule has 0 radical (unpaired) electrons. The smallest absolute Gasteiger partial charge is 0.0742 e. The Hall–Kier alpha value is -9.06. The molecule has 0 amide bonds. The maximum absolute atomic E-state index is 2.55. The van der Waals surface area contributed by atoms with E-state index in [1.54, 1.807) is 0 Å². The number of nitrogens with zero attached hydrogens (tertiary/aromatic N) is 2. The fraction of sp³-hybridized carbons (Fsp3) is 0.0789. The summed E-state index contributed by atoms with van der Waals surface area (Å²) in [4.78, 5) is 5.09. The molecule has 0 spiro atoms. The molecule has 0 atom stereocenters. The van der Waals surface area contributed by atoms with Crippen LogP contribution in [-0.4, -0.2) is 0 Å². The molecule has 2 aliphatic rings. The SMILES string of the molecule is Cc1ccc(C2(c3ccc(C)cc3)c3ccccc3N(c3ccc4cc(N5c6ccccc6C(c6ccc(C)cc6)(c6ccc(C)cc6)c6cc7c(cc65)sc5ccccc57)ccc4c3)c3cc4sc5ccccc5c4cc32)cc1. The maximum atomic E-state index is 2.55. The second-order valence-corrected chi connectivity index (χ2v) is 24.5. The van der Waals surface area contributed by atoms with Crippen LogP contribution in [0.4, 0.5) is 34.1 Å².